The van der Waals surface area contributed by atoms with Gasteiger partial charge in [-0.3, -0.25) is 19.4 Å². The van der Waals surface area contributed by atoms with E-state index in [1.807, 2.05) is 44.2 Å². The van der Waals surface area contributed by atoms with Crippen LogP contribution in [0.3, 0.4) is 0 Å². The molecular weight excluding hydrogens is 564 g/mol. The predicted molar refractivity (Wildman–Crippen MR) is 152 cm³/mol. The maximum atomic E-state index is 12.9. The van der Waals surface area contributed by atoms with Crippen LogP contribution in [0.1, 0.15) is 42.5 Å². The Morgan fingerprint density at radius 2 is 1.28 bits per heavy atom. The van der Waals surface area contributed by atoms with Crippen molar-refractivity contribution in [2.24, 2.45) is 0 Å². The molecule has 9 nitrogen and oxygen atoms in total. The third kappa shape index (κ3) is 5.80. The van der Waals surface area contributed by atoms with E-state index in [-0.39, 0.29) is 28.6 Å². The summed E-state index contributed by atoms with van der Waals surface area (Å²) in [5.74, 6) is -0.0474. The van der Waals surface area contributed by atoms with Crippen molar-refractivity contribution in [3.8, 4) is 22.6 Å². The molecule has 0 bridgehead atoms. The van der Waals surface area contributed by atoms with Gasteiger partial charge in [0, 0.05) is 35.9 Å². The fraction of sp³-hybridized carbons (Fsp3) is 0.138. The Morgan fingerprint density at radius 1 is 0.795 bits per heavy atom. The van der Waals surface area contributed by atoms with Crippen LogP contribution in [0.15, 0.2) is 65.4 Å². The Morgan fingerprint density at radius 3 is 1.77 bits per heavy atom. The summed E-state index contributed by atoms with van der Waals surface area (Å²) in [5, 5.41) is 5.82. The number of halogens is 1. The molecule has 0 aliphatic carbocycles. The van der Waals surface area contributed by atoms with Crippen molar-refractivity contribution in [1.82, 2.24) is 9.97 Å². The van der Waals surface area contributed by atoms with Crippen LogP contribution in [-0.4, -0.2) is 42.3 Å². The van der Waals surface area contributed by atoms with Crippen molar-refractivity contribution < 1.29 is 23.9 Å². The molecule has 2 amide bonds. The molecule has 2 aromatic heterocycles. The van der Waals surface area contributed by atoms with Gasteiger partial charge in [-0.1, -0.05) is 24.3 Å². The molecule has 4 aromatic rings. The summed E-state index contributed by atoms with van der Waals surface area (Å²) in [4.78, 5) is 45.3. The smallest absolute Gasteiger partial charge is 0.274 e. The van der Waals surface area contributed by atoms with Gasteiger partial charge in [0.15, 0.2) is 6.29 Å². The Kier molecular flexibility index (Phi) is 8.36. The van der Waals surface area contributed by atoms with Gasteiger partial charge in [-0.05, 0) is 64.2 Å². The van der Waals surface area contributed by atoms with Crippen molar-refractivity contribution in [3.05, 3.63) is 93.5 Å². The van der Waals surface area contributed by atoms with Crippen LogP contribution < -0.4 is 20.1 Å². The van der Waals surface area contributed by atoms with Crippen LogP contribution in [0.25, 0.3) is 11.1 Å². The van der Waals surface area contributed by atoms with E-state index in [2.05, 4.69) is 36.5 Å². The minimum absolute atomic E-state index is 0.112. The van der Waals surface area contributed by atoms with Gasteiger partial charge in [-0.25, -0.2) is 4.98 Å². The first kappa shape index (κ1) is 27.5. The average molecular weight is 589 g/mol. The molecule has 0 saturated carbocycles. The Hall–Kier alpha value is -4.57. The van der Waals surface area contributed by atoms with Gasteiger partial charge in [0.2, 0.25) is 0 Å². The molecule has 4 rings (SSSR count). The molecule has 0 radical (unpaired) electrons. The summed E-state index contributed by atoms with van der Waals surface area (Å²) in [6, 6.07) is 14.2. The lowest BCUT2D eigenvalue weighted by Gasteiger charge is -2.17. The standard InChI is InChI=1S/C29H25BrN4O5/c1-16-19(7-5-9-22(16)33-28(36)24-11-26(38-3)18(15-35)13-31-24)20-8-6-10-23(17(20)2)34-29(37)25-12-27(39-4)21(30)14-32-25/h5-15H,1-4H3,(H,33,36)(H,34,37). The highest BCUT2D eigenvalue weighted by Gasteiger charge is 2.17. The highest BCUT2D eigenvalue weighted by molar-refractivity contribution is 9.10. The van der Waals surface area contributed by atoms with Crippen molar-refractivity contribution >= 4 is 45.4 Å². The summed E-state index contributed by atoms with van der Waals surface area (Å²) >= 11 is 3.34. The van der Waals surface area contributed by atoms with Crippen molar-refractivity contribution in [2.45, 2.75) is 13.8 Å². The van der Waals surface area contributed by atoms with Gasteiger partial charge in [0.1, 0.15) is 22.9 Å². The van der Waals surface area contributed by atoms with E-state index in [0.29, 0.717) is 27.9 Å². The minimum atomic E-state index is -0.443. The number of hydrogen-bond acceptors (Lipinski definition) is 7. The number of benzene rings is 2. The maximum Gasteiger partial charge on any atom is 0.274 e. The largest absolute Gasteiger partial charge is 0.496 e. The van der Waals surface area contributed by atoms with Crippen LogP contribution >= 0.6 is 15.9 Å². The fourth-order valence-corrected chi connectivity index (χ4v) is 4.41. The van der Waals surface area contributed by atoms with Gasteiger partial charge in [0.05, 0.1) is 24.3 Å². The number of nitrogens with one attached hydrogen (secondary N) is 2. The number of anilines is 2. The Bertz CT molecular complexity index is 1590. The SMILES string of the molecule is COc1cc(C(=O)Nc2cccc(-c3cccc(NC(=O)c4cc(OC)c(C=O)cn4)c3C)c2C)ncc1Br. The first-order chi connectivity index (χ1) is 18.8. The molecule has 2 heterocycles. The van der Waals surface area contributed by atoms with E-state index in [4.69, 9.17) is 9.47 Å². The molecule has 198 valence electrons. The van der Waals surface area contributed by atoms with Gasteiger partial charge in [-0.2, -0.15) is 0 Å². The number of nitrogens with zero attached hydrogens (tertiary/aromatic N) is 2. The van der Waals surface area contributed by atoms with Crippen molar-refractivity contribution in [3.63, 3.8) is 0 Å². The zero-order chi connectivity index (χ0) is 28.1. The molecular formula is C29H25BrN4O5. The number of aromatic nitrogens is 2. The van der Waals surface area contributed by atoms with Crippen LogP contribution in [-0.2, 0) is 0 Å². The summed E-state index contributed by atoms with van der Waals surface area (Å²) in [6.07, 6.45) is 3.43. The van der Waals surface area contributed by atoms with Gasteiger partial charge in [0.25, 0.3) is 11.8 Å². The maximum absolute atomic E-state index is 12.9. The monoisotopic (exact) mass is 588 g/mol. The summed E-state index contributed by atoms with van der Waals surface area (Å²) in [7, 11) is 2.94. The number of carbonyl (C=O) groups is 3. The van der Waals surface area contributed by atoms with Crippen molar-refractivity contribution in [2.75, 3.05) is 24.9 Å². The molecule has 0 unspecified atom stereocenters. The van der Waals surface area contributed by atoms with E-state index in [1.54, 1.807) is 12.1 Å². The Balaban J connectivity index is 1.61. The lowest BCUT2D eigenvalue weighted by Crippen LogP contribution is -2.15. The van der Waals surface area contributed by atoms with Gasteiger partial charge < -0.3 is 20.1 Å². The van der Waals surface area contributed by atoms with Gasteiger partial charge in [-0.15, -0.1) is 0 Å². The number of hydrogen-bond donors (Lipinski definition) is 2. The molecule has 0 fully saturated rings. The lowest BCUT2D eigenvalue weighted by molar-refractivity contribution is 0.101. The van der Waals surface area contributed by atoms with Crippen LogP contribution in [0.2, 0.25) is 0 Å². The lowest BCUT2D eigenvalue weighted by atomic mass is 9.94. The topological polar surface area (TPSA) is 120 Å². The summed E-state index contributed by atoms with van der Waals surface area (Å²) < 4.78 is 11.1. The molecule has 0 saturated heterocycles. The number of ether oxygens (including phenoxy) is 2. The first-order valence-electron chi connectivity index (χ1n) is 11.8. The number of carbonyl (C=O) groups excluding carboxylic acids is 3. The molecule has 2 aromatic carbocycles. The second-order valence-electron chi connectivity index (χ2n) is 8.50. The molecule has 0 aliphatic heterocycles. The third-order valence-corrected chi connectivity index (χ3v) is 6.80. The van der Waals surface area contributed by atoms with Crippen LogP contribution in [0.5, 0.6) is 11.5 Å². The number of pyridine rings is 2. The fourth-order valence-electron chi connectivity index (χ4n) is 4.04. The molecule has 39 heavy (non-hydrogen) atoms. The van der Waals surface area contributed by atoms with E-state index >= 15 is 0 Å². The highest BCUT2D eigenvalue weighted by Crippen LogP contribution is 2.34. The van der Waals surface area contributed by atoms with Crippen LogP contribution in [0.4, 0.5) is 11.4 Å². The van der Waals surface area contributed by atoms with E-state index in [9.17, 15) is 14.4 Å². The van der Waals surface area contributed by atoms with Crippen LogP contribution in [0, 0.1) is 13.8 Å². The predicted octanol–water partition coefficient (Wildman–Crippen LogP) is 5.86. The second-order valence-corrected chi connectivity index (χ2v) is 9.35. The van der Waals surface area contributed by atoms with E-state index < -0.39 is 5.91 Å². The number of amides is 2. The first-order valence-corrected chi connectivity index (χ1v) is 12.6. The van der Waals surface area contributed by atoms with E-state index in [0.717, 1.165) is 22.3 Å². The zero-order valence-electron chi connectivity index (χ0n) is 21.7. The highest BCUT2D eigenvalue weighted by atomic mass is 79.9. The normalized spacial score (nSPS) is 10.5. The van der Waals surface area contributed by atoms with Gasteiger partial charge >= 0.3 is 0 Å². The van der Waals surface area contributed by atoms with E-state index in [1.165, 1.54) is 32.7 Å². The number of methoxy groups -OCH3 is 2. The summed E-state index contributed by atoms with van der Waals surface area (Å²) in [5.41, 5.74) is 5.24. The number of rotatable bonds is 8. The quantitative estimate of drug-likeness (QED) is 0.247. The third-order valence-electron chi connectivity index (χ3n) is 6.20. The Labute approximate surface area is 233 Å². The molecule has 0 atom stereocenters. The summed E-state index contributed by atoms with van der Waals surface area (Å²) in [6.45, 7) is 3.81. The molecule has 0 spiro atoms. The molecule has 0 aliphatic rings. The zero-order valence-corrected chi connectivity index (χ0v) is 23.3. The molecule has 10 heteroatoms. The number of aldehydes is 1. The second kappa shape index (κ2) is 11.9. The minimum Gasteiger partial charge on any atom is -0.496 e. The van der Waals surface area contributed by atoms with Crippen molar-refractivity contribution in [1.29, 1.82) is 0 Å². The average Bonchev–Trinajstić information content (AvgIpc) is 2.95. The molecule has 2 N–H and O–H groups in total.